The van der Waals surface area contributed by atoms with E-state index in [4.69, 9.17) is 9.40 Å². The molecule has 4 rings (SSSR count). The Morgan fingerprint density at radius 2 is 2.20 bits per heavy atom. The summed E-state index contributed by atoms with van der Waals surface area (Å²) in [6.07, 6.45) is 5.00. The number of rotatable bonds is 2. The molecule has 1 aliphatic rings. The normalized spacial score (nSPS) is 16.9. The number of nitrogens with zero attached hydrogens (tertiary/aromatic N) is 2. The number of carbonyl (C=O) groups is 1. The Bertz CT molecular complexity index is 954. The summed E-state index contributed by atoms with van der Waals surface area (Å²) in [7, 11) is 3.56. The van der Waals surface area contributed by atoms with Crippen LogP contribution in [0.5, 0.6) is 0 Å². The molecule has 0 N–H and O–H groups in total. The molecule has 0 spiro atoms. The van der Waals surface area contributed by atoms with Gasteiger partial charge in [0.05, 0.1) is 17.5 Å². The van der Waals surface area contributed by atoms with E-state index in [1.54, 1.807) is 36.6 Å². The molecule has 1 aliphatic carbocycles. The monoisotopic (exact) mass is 354 g/mol. The topological polar surface area (TPSA) is 46.3 Å². The van der Waals surface area contributed by atoms with Crippen LogP contribution in [0.25, 0.3) is 21.5 Å². The van der Waals surface area contributed by atoms with Gasteiger partial charge in [-0.05, 0) is 49.8 Å². The fourth-order valence-electron chi connectivity index (χ4n) is 3.74. The lowest BCUT2D eigenvalue weighted by molar-refractivity contribution is 0.0827. The lowest BCUT2D eigenvalue weighted by atomic mass is 9.87. The summed E-state index contributed by atoms with van der Waals surface area (Å²) in [5, 5.41) is 1.12. The zero-order valence-corrected chi connectivity index (χ0v) is 15.9. The van der Waals surface area contributed by atoms with Gasteiger partial charge in [-0.25, -0.2) is 4.98 Å². The van der Waals surface area contributed by atoms with Gasteiger partial charge in [0, 0.05) is 29.9 Å². The molecule has 4 nitrogen and oxygen atoms in total. The van der Waals surface area contributed by atoms with Gasteiger partial charge < -0.3 is 9.32 Å². The number of amides is 1. The number of carbonyl (C=O) groups excluding carboxylic acids is 1. The van der Waals surface area contributed by atoms with E-state index in [0.29, 0.717) is 11.5 Å². The molecule has 0 radical (unpaired) electrons. The van der Waals surface area contributed by atoms with Crippen LogP contribution < -0.4 is 0 Å². The predicted octanol–water partition coefficient (Wildman–Crippen LogP) is 4.69. The molecule has 0 aliphatic heterocycles. The van der Waals surface area contributed by atoms with E-state index in [9.17, 15) is 4.79 Å². The van der Waals surface area contributed by atoms with Crippen molar-refractivity contribution in [3.05, 3.63) is 40.1 Å². The standard InChI is InChI=1S/C20H22N2O2S/c1-11-7-8-13-15(10-11)25-19-17(13)18(14-6-5-9-24-14)16(12(2)21-19)20(23)22(3)4/h5-6,9,11H,7-8,10H2,1-4H3/t11-/m1/s1. The van der Waals surface area contributed by atoms with Gasteiger partial charge in [0.1, 0.15) is 10.6 Å². The third-order valence-electron chi connectivity index (χ3n) is 5.01. The molecular weight excluding hydrogens is 332 g/mol. The molecule has 25 heavy (non-hydrogen) atoms. The second-order valence-corrected chi connectivity index (χ2v) is 8.24. The van der Waals surface area contributed by atoms with Crippen molar-refractivity contribution in [1.82, 2.24) is 9.88 Å². The van der Waals surface area contributed by atoms with Crippen molar-refractivity contribution in [2.45, 2.75) is 33.1 Å². The van der Waals surface area contributed by atoms with Crippen LogP contribution in [-0.2, 0) is 12.8 Å². The molecule has 0 bridgehead atoms. The molecule has 0 aromatic carbocycles. The van der Waals surface area contributed by atoms with E-state index >= 15 is 0 Å². The smallest absolute Gasteiger partial charge is 0.255 e. The van der Waals surface area contributed by atoms with Crippen LogP contribution in [0, 0.1) is 12.8 Å². The Labute approximate surface area is 151 Å². The van der Waals surface area contributed by atoms with Crippen LogP contribution in [0.15, 0.2) is 22.8 Å². The van der Waals surface area contributed by atoms with Crippen LogP contribution in [0.1, 0.15) is 39.8 Å². The summed E-state index contributed by atoms with van der Waals surface area (Å²) >= 11 is 1.78. The average Bonchev–Trinajstić information content (AvgIpc) is 3.19. The zero-order valence-electron chi connectivity index (χ0n) is 15.0. The van der Waals surface area contributed by atoms with Crippen molar-refractivity contribution in [3.63, 3.8) is 0 Å². The highest BCUT2D eigenvalue weighted by molar-refractivity contribution is 7.19. The molecule has 0 saturated carbocycles. The fraction of sp³-hybridized carbons (Fsp3) is 0.400. The van der Waals surface area contributed by atoms with Gasteiger partial charge in [-0.1, -0.05) is 6.92 Å². The van der Waals surface area contributed by atoms with E-state index in [-0.39, 0.29) is 5.91 Å². The van der Waals surface area contributed by atoms with Gasteiger partial charge in [-0.2, -0.15) is 0 Å². The Balaban J connectivity index is 2.10. The lowest BCUT2D eigenvalue weighted by Gasteiger charge is -2.20. The van der Waals surface area contributed by atoms with Gasteiger partial charge in [0.2, 0.25) is 0 Å². The van der Waals surface area contributed by atoms with Crippen LogP contribution in [0.2, 0.25) is 0 Å². The van der Waals surface area contributed by atoms with Gasteiger partial charge in [-0.15, -0.1) is 11.3 Å². The number of hydrogen-bond donors (Lipinski definition) is 0. The van der Waals surface area contributed by atoms with Crippen LogP contribution in [0.4, 0.5) is 0 Å². The molecule has 0 unspecified atom stereocenters. The molecule has 130 valence electrons. The summed E-state index contributed by atoms with van der Waals surface area (Å²) in [5.74, 6) is 1.43. The van der Waals surface area contributed by atoms with E-state index in [0.717, 1.165) is 40.1 Å². The van der Waals surface area contributed by atoms with Gasteiger partial charge in [0.15, 0.2) is 0 Å². The Hall–Kier alpha value is -2.14. The van der Waals surface area contributed by atoms with Crippen molar-refractivity contribution in [1.29, 1.82) is 0 Å². The van der Waals surface area contributed by atoms with E-state index < -0.39 is 0 Å². The van der Waals surface area contributed by atoms with Gasteiger partial charge >= 0.3 is 0 Å². The number of aromatic nitrogens is 1. The highest BCUT2D eigenvalue weighted by Crippen LogP contribution is 2.44. The summed E-state index contributed by atoms with van der Waals surface area (Å²) in [6, 6.07) is 3.82. The maximum Gasteiger partial charge on any atom is 0.255 e. The molecule has 1 atom stereocenters. The van der Waals surface area contributed by atoms with E-state index in [1.165, 1.54) is 16.9 Å². The highest BCUT2D eigenvalue weighted by atomic mass is 32.1. The van der Waals surface area contributed by atoms with Gasteiger partial charge in [0.25, 0.3) is 5.91 Å². The largest absolute Gasteiger partial charge is 0.464 e. The number of fused-ring (bicyclic) bond motifs is 3. The van der Waals surface area contributed by atoms with Gasteiger partial charge in [-0.3, -0.25) is 4.79 Å². The zero-order chi connectivity index (χ0) is 17.7. The fourth-order valence-corrected chi connectivity index (χ4v) is 5.18. The van der Waals surface area contributed by atoms with E-state index in [1.807, 2.05) is 19.1 Å². The maximum absolute atomic E-state index is 12.9. The second kappa shape index (κ2) is 5.99. The number of pyridine rings is 1. The minimum absolute atomic E-state index is 0.0255. The maximum atomic E-state index is 12.9. The minimum Gasteiger partial charge on any atom is -0.464 e. The van der Waals surface area contributed by atoms with Crippen molar-refractivity contribution in [3.8, 4) is 11.3 Å². The average molecular weight is 354 g/mol. The number of aryl methyl sites for hydroxylation is 2. The second-order valence-electron chi connectivity index (χ2n) is 7.16. The summed E-state index contributed by atoms with van der Waals surface area (Å²) < 4.78 is 5.74. The molecular formula is C20H22N2O2S. The van der Waals surface area contributed by atoms with Crippen molar-refractivity contribution < 1.29 is 9.21 Å². The first-order chi connectivity index (χ1) is 12.0. The molecule has 3 heterocycles. The summed E-state index contributed by atoms with van der Waals surface area (Å²) in [4.78, 5) is 21.8. The lowest BCUT2D eigenvalue weighted by Crippen LogP contribution is -2.24. The number of furan rings is 1. The third-order valence-corrected chi connectivity index (χ3v) is 6.16. The number of thiophene rings is 1. The van der Waals surface area contributed by atoms with Crippen LogP contribution in [0.3, 0.4) is 0 Å². The predicted molar refractivity (Wildman–Crippen MR) is 101 cm³/mol. The van der Waals surface area contributed by atoms with E-state index in [2.05, 4.69) is 6.92 Å². The molecule has 3 aromatic heterocycles. The highest BCUT2D eigenvalue weighted by Gasteiger charge is 2.29. The van der Waals surface area contributed by atoms with Crippen LogP contribution in [-0.4, -0.2) is 29.9 Å². The first-order valence-corrected chi connectivity index (χ1v) is 9.49. The minimum atomic E-state index is -0.0255. The Kier molecular flexibility index (Phi) is 3.91. The molecule has 0 saturated heterocycles. The molecule has 1 amide bonds. The summed E-state index contributed by atoms with van der Waals surface area (Å²) in [5.41, 5.74) is 3.71. The first-order valence-electron chi connectivity index (χ1n) is 8.67. The molecule has 0 fully saturated rings. The summed E-state index contributed by atoms with van der Waals surface area (Å²) in [6.45, 7) is 4.23. The van der Waals surface area contributed by atoms with Crippen molar-refractivity contribution >= 4 is 27.5 Å². The SMILES string of the molecule is Cc1nc2sc3c(c2c(-c2ccco2)c1C(=O)N(C)C)CC[C@@H](C)C3. The Morgan fingerprint density at radius 1 is 1.40 bits per heavy atom. The van der Waals surface area contributed by atoms with Crippen molar-refractivity contribution in [2.24, 2.45) is 5.92 Å². The third kappa shape index (κ3) is 2.58. The quantitative estimate of drug-likeness (QED) is 0.670. The molecule has 3 aromatic rings. The van der Waals surface area contributed by atoms with Crippen molar-refractivity contribution in [2.75, 3.05) is 14.1 Å². The number of hydrogen-bond acceptors (Lipinski definition) is 4. The van der Waals surface area contributed by atoms with Crippen LogP contribution >= 0.6 is 11.3 Å². The first kappa shape index (κ1) is 16.3. The molecule has 5 heteroatoms. The Morgan fingerprint density at radius 3 is 2.88 bits per heavy atom.